The highest BCUT2D eigenvalue weighted by molar-refractivity contribution is 5.36. The zero-order valence-corrected chi connectivity index (χ0v) is 13.5. The van der Waals surface area contributed by atoms with E-state index in [4.69, 9.17) is 0 Å². The first-order valence-electron chi connectivity index (χ1n) is 7.08. The van der Waals surface area contributed by atoms with Gasteiger partial charge < -0.3 is 0 Å². The lowest BCUT2D eigenvalue weighted by Gasteiger charge is -2.04. The second-order valence-electron chi connectivity index (χ2n) is 3.90. The van der Waals surface area contributed by atoms with Gasteiger partial charge in [0.2, 0.25) is 0 Å². The van der Waals surface area contributed by atoms with Crippen molar-refractivity contribution in [2.24, 2.45) is 0 Å². The summed E-state index contributed by atoms with van der Waals surface area (Å²) in [6, 6.07) is 0. The first-order valence-corrected chi connectivity index (χ1v) is 7.08. The molecule has 0 heterocycles. The van der Waals surface area contributed by atoms with Crippen LogP contribution in [0.5, 0.6) is 0 Å². The van der Waals surface area contributed by atoms with Crippen LogP contribution in [0.1, 0.15) is 48.0 Å². The Morgan fingerprint density at radius 2 is 1.63 bits per heavy atom. The molecule has 0 aromatic rings. The fourth-order valence-electron chi connectivity index (χ4n) is 1.40. The van der Waals surface area contributed by atoms with Gasteiger partial charge in [-0.05, 0) is 45.3 Å². The molecule has 0 bridgehead atoms. The van der Waals surface area contributed by atoms with Crippen molar-refractivity contribution in [3.63, 3.8) is 0 Å². The second kappa shape index (κ2) is 14.5. The molecule has 0 saturated heterocycles. The van der Waals surface area contributed by atoms with Gasteiger partial charge in [-0.3, -0.25) is 0 Å². The predicted octanol–water partition coefficient (Wildman–Crippen LogP) is 6.56. The Hall–Kier alpha value is -1.56. The van der Waals surface area contributed by atoms with Gasteiger partial charge in [0, 0.05) is 0 Å². The molecule has 0 rings (SSSR count). The summed E-state index contributed by atoms with van der Waals surface area (Å²) in [5, 5.41) is 0. The topological polar surface area (TPSA) is 0 Å². The Morgan fingerprint density at radius 1 is 1.00 bits per heavy atom. The van der Waals surface area contributed by atoms with Gasteiger partial charge in [0.15, 0.2) is 0 Å². The van der Waals surface area contributed by atoms with E-state index in [0.29, 0.717) is 0 Å². The van der Waals surface area contributed by atoms with Crippen molar-refractivity contribution in [1.29, 1.82) is 0 Å². The summed E-state index contributed by atoms with van der Waals surface area (Å²) < 4.78 is 0. The molecule has 0 aromatic heterocycles. The van der Waals surface area contributed by atoms with Crippen LogP contribution in [0.3, 0.4) is 0 Å². The van der Waals surface area contributed by atoms with Crippen molar-refractivity contribution in [2.75, 3.05) is 0 Å². The minimum atomic E-state index is 0.920. The average Bonchev–Trinajstić information content (AvgIpc) is 2.45. The van der Waals surface area contributed by atoms with Crippen molar-refractivity contribution >= 4 is 0 Å². The highest BCUT2D eigenvalue weighted by atomic mass is 14.0. The molecule has 0 amide bonds. The molecule has 0 N–H and O–H groups in total. The summed E-state index contributed by atoms with van der Waals surface area (Å²) in [7, 11) is 0. The molecule has 106 valence electrons. The molecular formula is C19H30. The first kappa shape index (κ1) is 19.8. The van der Waals surface area contributed by atoms with Crippen LogP contribution in [0.4, 0.5) is 0 Å². The van der Waals surface area contributed by atoms with Gasteiger partial charge in [0.25, 0.3) is 0 Å². The summed E-state index contributed by atoms with van der Waals surface area (Å²) in [5.41, 5.74) is 3.81. The van der Waals surface area contributed by atoms with Crippen LogP contribution in [0.2, 0.25) is 0 Å². The molecule has 0 radical (unpaired) electrons. The third-order valence-electron chi connectivity index (χ3n) is 2.42. The Bertz CT molecular complexity index is 371. The van der Waals surface area contributed by atoms with E-state index in [1.807, 2.05) is 39.8 Å². The lowest BCUT2D eigenvalue weighted by atomic mass is 10.0. The predicted molar refractivity (Wildman–Crippen MR) is 91.4 cm³/mol. The molecular weight excluding hydrogens is 228 g/mol. The SMILES string of the molecule is C=C/C(=C\C(C)=C\C)CC(=C/C=C/C)/C=C/C.CC. The number of allylic oxidation sites excluding steroid dienone is 11. The zero-order valence-electron chi connectivity index (χ0n) is 13.5. The normalized spacial score (nSPS) is 13.7. The monoisotopic (exact) mass is 258 g/mol. The molecule has 0 aromatic carbocycles. The van der Waals surface area contributed by atoms with E-state index < -0.39 is 0 Å². The van der Waals surface area contributed by atoms with Crippen molar-refractivity contribution in [3.8, 4) is 0 Å². The fraction of sp³-hybridized carbons (Fsp3) is 0.368. The van der Waals surface area contributed by atoms with E-state index in [1.54, 1.807) is 0 Å². The van der Waals surface area contributed by atoms with Gasteiger partial charge in [-0.25, -0.2) is 0 Å². The lowest BCUT2D eigenvalue weighted by molar-refractivity contribution is 1.20. The molecule has 0 aliphatic heterocycles. The van der Waals surface area contributed by atoms with Crippen LogP contribution in [-0.2, 0) is 0 Å². The third kappa shape index (κ3) is 11.3. The number of hydrogen-bond acceptors (Lipinski definition) is 0. The van der Waals surface area contributed by atoms with Crippen LogP contribution < -0.4 is 0 Å². The minimum absolute atomic E-state index is 0.920. The molecule has 0 saturated carbocycles. The van der Waals surface area contributed by atoms with Crippen molar-refractivity contribution in [1.82, 2.24) is 0 Å². The Balaban J connectivity index is 0. The van der Waals surface area contributed by atoms with Gasteiger partial charge in [0.1, 0.15) is 0 Å². The quantitative estimate of drug-likeness (QED) is 0.473. The molecule has 0 unspecified atom stereocenters. The maximum absolute atomic E-state index is 3.88. The van der Waals surface area contributed by atoms with Crippen LogP contribution in [0.25, 0.3) is 0 Å². The van der Waals surface area contributed by atoms with Gasteiger partial charge >= 0.3 is 0 Å². The van der Waals surface area contributed by atoms with E-state index >= 15 is 0 Å². The van der Waals surface area contributed by atoms with Crippen molar-refractivity contribution in [3.05, 3.63) is 71.9 Å². The average molecular weight is 258 g/mol. The Kier molecular flexibility index (Phi) is 15.1. The molecule has 0 fully saturated rings. The molecule has 0 aliphatic carbocycles. The van der Waals surface area contributed by atoms with E-state index in [9.17, 15) is 0 Å². The smallest absolute Gasteiger partial charge is 0.00260 e. The highest BCUT2D eigenvalue weighted by Crippen LogP contribution is 2.15. The van der Waals surface area contributed by atoms with Gasteiger partial charge in [-0.1, -0.05) is 74.6 Å². The molecule has 0 aliphatic rings. The maximum Gasteiger partial charge on any atom is -0.00260 e. The van der Waals surface area contributed by atoms with Gasteiger partial charge in [0.05, 0.1) is 0 Å². The molecule has 0 nitrogen and oxygen atoms in total. The van der Waals surface area contributed by atoms with Crippen LogP contribution >= 0.6 is 0 Å². The second-order valence-corrected chi connectivity index (χ2v) is 3.90. The molecule has 0 atom stereocenters. The Morgan fingerprint density at radius 3 is 2.05 bits per heavy atom. The summed E-state index contributed by atoms with van der Waals surface area (Å²) in [6.45, 7) is 16.1. The number of hydrogen-bond donors (Lipinski definition) is 0. The van der Waals surface area contributed by atoms with Crippen LogP contribution in [-0.4, -0.2) is 0 Å². The standard InChI is InChI=1S/C17H24.C2H6/c1-6-10-12-17(11-7-2)14-16(9-4)13-15(5)8-3;1-2/h6-13H,4,14H2,1-3,5H3;1-2H3/b10-6+,11-7+,15-8+,16-13+,17-12+;. The van der Waals surface area contributed by atoms with Gasteiger partial charge in [-0.2, -0.15) is 0 Å². The van der Waals surface area contributed by atoms with E-state index in [0.717, 1.165) is 6.42 Å². The van der Waals surface area contributed by atoms with Crippen LogP contribution in [0.15, 0.2) is 71.9 Å². The van der Waals surface area contributed by atoms with E-state index in [-0.39, 0.29) is 0 Å². The summed E-state index contributed by atoms with van der Waals surface area (Å²) in [6.07, 6.45) is 17.6. The number of rotatable bonds is 6. The first-order chi connectivity index (χ1) is 9.17. The molecule has 0 heteroatoms. The van der Waals surface area contributed by atoms with E-state index in [2.05, 4.69) is 56.9 Å². The van der Waals surface area contributed by atoms with Crippen molar-refractivity contribution in [2.45, 2.75) is 48.0 Å². The summed E-state index contributed by atoms with van der Waals surface area (Å²) >= 11 is 0. The van der Waals surface area contributed by atoms with Crippen LogP contribution in [0, 0.1) is 0 Å². The fourth-order valence-corrected chi connectivity index (χ4v) is 1.40. The zero-order chi connectivity index (χ0) is 15.1. The molecule has 19 heavy (non-hydrogen) atoms. The lowest BCUT2D eigenvalue weighted by Crippen LogP contribution is -1.84. The minimum Gasteiger partial charge on any atom is -0.0988 e. The Labute approximate surface area is 120 Å². The summed E-state index contributed by atoms with van der Waals surface area (Å²) in [4.78, 5) is 0. The highest BCUT2D eigenvalue weighted by Gasteiger charge is 1.96. The van der Waals surface area contributed by atoms with Gasteiger partial charge in [-0.15, -0.1) is 0 Å². The largest absolute Gasteiger partial charge is 0.0988 e. The third-order valence-corrected chi connectivity index (χ3v) is 2.42. The molecule has 0 spiro atoms. The van der Waals surface area contributed by atoms with E-state index in [1.165, 1.54) is 16.7 Å². The maximum atomic E-state index is 3.88. The summed E-state index contributed by atoms with van der Waals surface area (Å²) in [5.74, 6) is 0. The van der Waals surface area contributed by atoms with Crippen molar-refractivity contribution < 1.29 is 0 Å².